The molecular formula is C13H12ClN3O2S. The molecule has 20 heavy (non-hydrogen) atoms. The van der Waals surface area contributed by atoms with Crippen LogP contribution in [0.15, 0.2) is 35.2 Å². The predicted octanol–water partition coefficient (Wildman–Crippen LogP) is 3.11. The summed E-state index contributed by atoms with van der Waals surface area (Å²) in [5.74, 6) is 0.0910. The number of thioether (sulfide) groups is 1. The molecule has 0 fully saturated rings. The first-order valence-corrected chi connectivity index (χ1v) is 7.26. The first-order valence-electron chi connectivity index (χ1n) is 5.66. The van der Waals surface area contributed by atoms with Crippen LogP contribution >= 0.6 is 23.4 Å². The number of nitrogens with one attached hydrogen (secondary N) is 1. The molecule has 0 radical (unpaired) electrons. The van der Waals surface area contributed by atoms with Crippen molar-refractivity contribution in [1.29, 1.82) is 0 Å². The number of methoxy groups -OCH3 is 1. The van der Waals surface area contributed by atoms with E-state index in [4.69, 9.17) is 16.3 Å². The molecule has 2 aromatic rings. The Balaban J connectivity index is 2.16. The highest BCUT2D eigenvalue weighted by Gasteiger charge is 2.10. The fourth-order valence-electron chi connectivity index (χ4n) is 1.47. The number of carbonyl (C=O) groups is 1. The van der Waals surface area contributed by atoms with Crippen molar-refractivity contribution in [2.75, 3.05) is 18.7 Å². The summed E-state index contributed by atoms with van der Waals surface area (Å²) in [4.78, 5) is 21.0. The van der Waals surface area contributed by atoms with Crippen LogP contribution in [-0.2, 0) is 0 Å². The van der Waals surface area contributed by atoms with E-state index in [1.54, 1.807) is 23.9 Å². The van der Waals surface area contributed by atoms with Crippen molar-refractivity contribution in [1.82, 2.24) is 9.97 Å². The van der Waals surface area contributed by atoms with Gasteiger partial charge in [0.2, 0.25) is 11.8 Å². The van der Waals surface area contributed by atoms with E-state index < -0.39 is 0 Å². The monoisotopic (exact) mass is 309 g/mol. The van der Waals surface area contributed by atoms with Crippen molar-refractivity contribution < 1.29 is 9.53 Å². The largest absolute Gasteiger partial charge is 0.481 e. The highest BCUT2D eigenvalue weighted by atomic mass is 35.5. The first kappa shape index (κ1) is 14.6. The molecule has 1 heterocycles. The minimum absolute atomic E-state index is 0.105. The molecule has 0 atom stereocenters. The van der Waals surface area contributed by atoms with Crippen LogP contribution in [0.5, 0.6) is 5.88 Å². The van der Waals surface area contributed by atoms with Gasteiger partial charge in [-0.05, 0) is 30.5 Å². The van der Waals surface area contributed by atoms with E-state index in [1.165, 1.54) is 13.2 Å². The molecule has 1 amide bonds. The summed E-state index contributed by atoms with van der Waals surface area (Å²) in [7, 11) is 1.46. The summed E-state index contributed by atoms with van der Waals surface area (Å²) in [6.07, 6.45) is 1.97. The molecule has 0 unspecified atom stereocenters. The zero-order valence-electron chi connectivity index (χ0n) is 10.9. The molecule has 1 aromatic heterocycles. The Labute approximate surface area is 125 Å². The third-order valence-electron chi connectivity index (χ3n) is 2.46. The maximum absolute atomic E-state index is 12.0. The lowest BCUT2D eigenvalue weighted by atomic mass is 10.2. The average Bonchev–Trinajstić information content (AvgIpc) is 2.46. The average molecular weight is 310 g/mol. The van der Waals surface area contributed by atoms with E-state index in [-0.39, 0.29) is 22.9 Å². The Morgan fingerprint density at radius 3 is 2.60 bits per heavy atom. The van der Waals surface area contributed by atoms with E-state index in [0.717, 1.165) is 4.90 Å². The number of hydrogen-bond donors (Lipinski definition) is 1. The summed E-state index contributed by atoms with van der Waals surface area (Å²) >= 11 is 7.42. The second kappa shape index (κ2) is 6.58. The molecule has 0 aliphatic carbocycles. The van der Waals surface area contributed by atoms with Crippen molar-refractivity contribution in [3.05, 3.63) is 41.0 Å². The van der Waals surface area contributed by atoms with Gasteiger partial charge in [0.15, 0.2) is 0 Å². The molecule has 5 nitrogen and oxygen atoms in total. The van der Waals surface area contributed by atoms with Gasteiger partial charge in [-0.25, -0.2) is 4.98 Å². The maximum Gasteiger partial charge on any atom is 0.258 e. The number of anilines is 1. The molecule has 0 bridgehead atoms. The predicted molar refractivity (Wildman–Crippen MR) is 79.8 cm³/mol. The van der Waals surface area contributed by atoms with Crippen LogP contribution in [-0.4, -0.2) is 29.2 Å². The first-order chi connectivity index (χ1) is 9.62. The smallest absolute Gasteiger partial charge is 0.258 e. The van der Waals surface area contributed by atoms with E-state index in [1.807, 2.05) is 18.4 Å². The minimum atomic E-state index is -0.304. The number of amides is 1. The summed E-state index contributed by atoms with van der Waals surface area (Å²) in [6, 6.07) is 8.69. The number of carbonyl (C=O) groups excluding carboxylic acids is 1. The molecule has 0 aliphatic heterocycles. The molecule has 1 aromatic carbocycles. The van der Waals surface area contributed by atoms with Gasteiger partial charge >= 0.3 is 0 Å². The van der Waals surface area contributed by atoms with Crippen LogP contribution in [0, 0.1) is 0 Å². The Morgan fingerprint density at radius 2 is 2.00 bits per heavy atom. The van der Waals surface area contributed by atoms with Crippen LogP contribution < -0.4 is 10.1 Å². The molecule has 7 heteroatoms. The van der Waals surface area contributed by atoms with Gasteiger partial charge in [-0.2, -0.15) is 4.98 Å². The van der Waals surface area contributed by atoms with Crippen LogP contribution in [0.2, 0.25) is 5.15 Å². The highest BCUT2D eigenvalue weighted by Crippen LogP contribution is 2.18. The zero-order valence-corrected chi connectivity index (χ0v) is 12.5. The van der Waals surface area contributed by atoms with E-state index in [0.29, 0.717) is 5.56 Å². The van der Waals surface area contributed by atoms with Crippen LogP contribution in [0.25, 0.3) is 0 Å². The number of hydrogen-bond acceptors (Lipinski definition) is 5. The highest BCUT2D eigenvalue weighted by molar-refractivity contribution is 7.98. The topological polar surface area (TPSA) is 64.1 Å². The fraction of sp³-hybridized carbons (Fsp3) is 0.154. The van der Waals surface area contributed by atoms with Gasteiger partial charge in [-0.1, -0.05) is 11.6 Å². The number of nitrogens with zero attached hydrogens (tertiary/aromatic N) is 2. The Bertz CT molecular complexity index is 620. The molecule has 0 saturated heterocycles. The van der Waals surface area contributed by atoms with Gasteiger partial charge in [0.1, 0.15) is 5.15 Å². The molecule has 0 aliphatic rings. The lowest BCUT2D eigenvalue weighted by Gasteiger charge is -2.06. The molecular weight excluding hydrogens is 298 g/mol. The maximum atomic E-state index is 12.0. The number of aromatic nitrogens is 2. The number of benzene rings is 1. The molecule has 0 saturated carbocycles. The second-order valence-electron chi connectivity index (χ2n) is 3.74. The van der Waals surface area contributed by atoms with Crippen molar-refractivity contribution in [2.24, 2.45) is 0 Å². The van der Waals surface area contributed by atoms with E-state index in [2.05, 4.69) is 15.3 Å². The molecule has 0 spiro atoms. The lowest BCUT2D eigenvalue weighted by molar-refractivity contribution is 0.102. The van der Waals surface area contributed by atoms with Crippen molar-refractivity contribution in [2.45, 2.75) is 4.90 Å². The number of rotatable bonds is 4. The third kappa shape index (κ3) is 3.61. The Morgan fingerprint density at radius 1 is 1.30 bits per heavy atom. The van der Waals surface area contributed by atoms with Gasteiger partial charge in [-0.15, -0.1) is 11.8 Å². The standard InChI is InChI=1S/C13H12ClN3O2S/c1-19-11-7-10(14)15-13(16-11)17-12(18)8-3-5-9(20-2)6-4-8/h3-7H,1-2H3,(H,15,16,17,18). The summed E-state index contributed by atoms with van der Waals surface area (Å²) < 4.78 is 4.96. The second-order valence-corrected chi connectivity index (χ2v) is 5.01. The molecule has 104 valence electrons. The molecule has 1 N–H and O–H groups in total. The normalized spacial score (nSPS) is 10.2. The van der Waals surface area contributed by atoms with Gasteiger partial charge < -0.3 is 4.74 Å². The fourth-order valence-corrected chi connectivity index (χ4v) is 2.06. The van der Waals surface area contributed by atoms with Gasteiger partial charge in [0.25, 0.3) is 5.91 Å². The zero-order chi connectivity index (χ0) is 14.5. The van der Waals surface area contributed by atoms with E-state index in [9.17, 15) is 4.79 Å². The van der Waals surface area contributed by atoms with Crippen LogP contribution in [0.4, 0.5) is 5.95 Å². The molecule has 2 rings (SSSR count). The van der Waals surface area contributed by atoms with Crippen molar-refractivity contribution in [3.63, 3.8) is 0 Å². The van der Waals surface area contributed by atoms with Crippen LogP contribution in [0.1, 0.15) is 10.4 Å². The lowest BCUT2D eigenvalue weighted by Crippen LogP contribution is -2.14. The quantitative estimate of drug-likeness (QED) is 0.694. The Kier molecular flexibility index (Phi) is 4.81. The summed E-state index contributed by atoms with van der Waals surface area (Å²) in [6.45, 7) is 0. The number of ether oxygens (including phenoxy) is 1. The minimum Gasteiger partial charge on any atom is -0.481 e. The SMILES string of the molecule is COc1cc(Cl)nc(NC(=O)c2ccc(SC)cc2)n1. The van der Waals surface area contributed by atoms with Crippen molar-refractivity contribution in [3.8, 4) is 5.88 Å². The van der Waals surface area contributed by atoms with Crippen molar-refractivity contribution >= 4 is 35.2 Å². The van der Waals surface area contributed by atoms with Gasteiger partial charge in [0, 0.05) is 16.5 Å². The van der Waals surface area contributed by atoms with Gasteiger partial charge in [0.05, 0.1) is 7.11 Å². The van der Waals surface area contributed by atoms with Crippen LogP contribution in [0.3, 0.4) is 0 Å². The Hall–Kier alpha value is -1.79. The van der Waals surface area contributed by atoms with Gasteiger partial charge in [-0.3, -0.25) is 10.1 Å². The third-order valence-corrected chi connectivity index (χ3v) is 3.40. The summed E-state index contributed by atoms with van der Waals surface area (Å²) in [5, 5.41) is 2.78. The number of halogens is 1. The summed E-state index contributed by atoms with van der Waals surface area (Å²) in [5.41, 5.74) is 0.519. The van der Waals surface area contributed by atoms with E-state index >= 15 is 0 Å².